The van der Waals surface area contributed by atoms with Crippen LogP contribution in [0.25, 0.3) is 0 Å². The molecule has 0 aromatic carbocycles. The van der Waals surface area contributed by atoms with Gasteiger partial charge in [-0.2, -0.15) is 0 Å². The summed E-state index contributed by atoms with van der Waals surface area (Å²) in [5.74, 6) is 2.05. The van der Waals surface area contributed by atoms with Gasteiger partial charge < -0.3 is 5.32 Å². The van der Waals surface area contributed by atoms with E-state index in [1.807, 2.05) is 0 Å². The highest BCUT2D eigenvalue weighted by Gasteiger charge is 2.36. The third-order valence-electron chi connectivity index (χ3n) is 3.33. The van der Waals surface area contributed by atoms with E-state index in [1.54, 1.807) is 0 Å². The van der Waals surface area contributed by atoms with E-state index in [2.05, 4.69) is 12.2 Å². The van der Waals surface area contributed by atoms with Gasteiger partial charge in [0, 0.05) is 6.04 Å². The zero-order valence-electron chi connectivity index (χ0n) is 6.77. The van der Waals surface area contributed by atoms with Gasteiger partial charge in [0.1, 0.15) is 0 Å². The van der Waals surface area contributed by atoms with E-state index in [1.165, 1.54) is 32.2 Å². The minimum absolute atomic E-state index is 0.892. The van der Waals surface area contributed by atoms with Gasteiger partial charge >= 0.3 is 0 Å². The van der Waals surface area contributed by atoms with Gasteiger partial charge in [0.15, 0.2) is 0 Å². The zero-order chi connectivity index (χ0) is 6.97. The molecule has 1 saturated heterocycles. The zero-order valence-corrected chi connectivity index (χ0v) is 6.77. The van der Waals surface area contributed by atoms with Crippen LogP contribution in [0.4, 0.5) is 0 Å². The fourth-order valence-electron chi connectivity index (χ4n) is 2.78. The highest BCUT2D eigenvalue weighted by Crippen LogP contribution is 2.36. The second kappa shape index (κ2) is 2.54. The summed E-state index contributed by atoms with van der Waals surface area (Å²) in [5.41, 5.74) is 0. The lowest BCUT2D eigenvalue weighted by atomic mass is 9.78. The molecule has 2 bridgehead atoms. The lowest BCUT2D eigenvalue weighted by Crippen LogP contribution is -2.29. The Balaban J connectivity index is 2.06. The van der Waals surface area contributed by atoms with Crippen LogP contribution in [0.2, 0.25) is 0 Å². The van der Waals surface area contributed by atoms with Gasteiger partial charge in [-0.1, -0.05) is 19.8 Å². The predicted molar refractivity (Wildman–Crippen MR) is 42.9 cm³/mol. The van der Waals surface area contributed by atoms with Gasteiger partial charge in [-0.15, -0.1) is 0 Å². The van der Waals surface area contributed by atoms with Crippen LogP contribution in [0, 0.1) is 11.8 Å². The van der Waals surface area contributed by atoms with Crippen LogP contribution in [-0.4, -0.2) is 12.6 Å². The summed E-state index contributed by atoms with van der Waals surface area (Å²) in [6.07, 6.45) is 5.79. The first-order valence-corrected chi connectivity index (χ1v) is 4.65. The van der Waals surface area contributed by atoms with Gasteiger partial charge in [0.2, 0.25) is 0 Å². The predicted octanol–water partition coefficient (Wildman–Crippen LogP) is 1.78. The van der Waals surface area contributed by atoms with Crippen molar-refractivity contribution >= 4 is 0 Å². The molecule has 0 aromatic rings. The molecule has 1 heterocycles. The van der Waals surface area contributed by atoms with E-state index >= 15 is 0 Å². The fraction of sp³-hybridized carbons (Fsp3) is 1.00. The standard InChI is InChI=1S/C9H17N/c1-2-8-7-4-3-5-9(8)10-6-7/h7-10H,2-6H2,1H3. The van der Waals surface area contributed by atoms with Crippen LogP contribution in [0.15, 0.2) is 0 Å². The van der Waals surface area contributed by atoms with E-state index in [4.69, 9.17) is 0 Å². The minimum atomic E-state index is 0.892. The topological polar surface area (TPSA) is 12.0 Å². The van der Waals surface area contributed by atoms with Gasteiger partial charge in [-0.05, 0) is 31.2 Å². The first-order valence-electron chi connectivity index (χ1n) is 4.65. The number of nitrogens with one attached hydrogen (secondary N) is 1. The van der Waals surface area contributed by atoms with Crippen LogP contribution in [-0.2, 0) is 0 Å². The quantitative estimate of drug-likeness (QED) is 0.584. The summed E-state index contributed by atoms with van der Waals surface area (Å²) in [6, 6.07) is 0.892. The van der Waals surface area contributed by atoms with Crippen molar-refractivity contribution in [1.29, 1.82) is 0 Å². The Morgan fingerprint density at radius 2 is 2.30 bits per heavy atom. The highest BCUT2D eigenvalue weighted by molar-refractivity contribution is 4.93. The molecule has 1 N–H and O–H groups in total. The number of fused-ring (bicyclic) bond motifs is 2. The van der Waals surface area contributed by atoms with Crippen LogP contribution in [0.1, 0.15) is 32.6 Å². The van der Waals surface area contributed by atoms with Crippen molar-refractivity contribution in [2.24, 2.45) is 11.8 Å². The van der Waals surface area contributed by atoms with Crippen molar-refractivity contribution in [2.45, 2.75) is 38.6 Å². The molecule has 3 unspecified atom stereocenters. The summed E-state index contributed by atoms with van der Waals surface area (Å²) in [4.78, 5) is 0. The average Bonchev–Trinajstić information content (AvgIpc) is 2.19. The molecule has 1 saturated carbocycles. The highest BCUT2D eigenvalue weighted by atomic mass is 15.0. The second-order valence-corrected chi connectivity index (χ2v) is 3.78. The Bertz CT molecular complexity index is 106. The molecule has 2 aliphatic rings. The van der Waals surface area contributed by atoms with Crippen LogP contribution in [0.5, 0.6) is 0 Å². The van der Waals surface area contributed by atoms with E-state index in [-0.39, 0.29) is 0 Å². The van der Waals surface area contributed by atoms with E-state index in [9.17, 15) is 0 Å². The molecule has 0 amide bonds. The number of hydrogen-bond donors (Lipinski definition) is 1. The molecule has 0 aromatic heterocycles. The van der Waals surface area contributed by atoms with Gasteiger partial charge in [0.25, 0.3) is 0 Å². The molecule has 2 fully saturated rings. The molecule has 1 aliphatic carbocycles. The molecule has 1 nitrogen and oxygen atoms in total. The van der Waals surface area contributed by atoms with Gasteiger partial charge in [-0.3, -0.25) is 0 Å². The summed E-state index contributed by atoms with van der Waals surface area (Å²) in [7, 11) is 0. The van der Waals surface area contributed by atoms with E-state index in [0.717, 1.165) is 17.9 Å². The molecular weight excluding hydrogens is 122 g/mol. The van der Waals surface area contributed by atoms with E-state index < -0.39 is 0 Å². The molecule has 1 aliphatic heterocycles. The average molecular weight is 139 g/mol. The Morgan fingerprint density at radius 1 is 1.40 bits per heavy atom. The molecule has 2 rings (SSSR count). The molecule has 0 radical (unpaired) electrons. The summed E-state index contributed by atoms with van der Waals surface area (Å²) >= 11 is 0. The Morgan fingerprint density at radius 3 is 2.90 bits per heavy atom. The van der Waals surface area contributed by atoms with Crippen LogP contribution >= 0.6 is 0 Å². The van der Waals surface area contributed by atoms with Crippen molar-refractivity contribution in [3.8, 4) is 0 Å². The molecule has 3 atom stereocenters. The largest absolute Gasteiger partial charge is 0.313 e. The lowest BCUT2D eigenvalue weighted by molar-refractivity contribution is 0.268. The fourth-order valence-corrected chi connectivity index (χ4v) is 2.78. The SMILES string of the molecule is CCC1C2CCCC1NC2. The molecule has 58 valence electrons. The minimum Gasteiger partial charge on any atom is -0.313 e. The monoisotopic (exact) mass is 139 g/mol. The number of hydrogen-bond acceptors (Lipinski definition) is 1. The van der Waals surface area contributed by atoms with Crippen molar-refractivity contribution in [2.75, 3.05) is 6.54 Å². The maximum Gasteiger partial charge on any atom is 0.00984 e. The third-order valence-corrected chi connectivity index (χ3v) is 3.33. The number of rotatable bonds is 1. The Hall–Kier alpha value is -0.0400. The van der Waals surface area contributed by atoms with Crippen LogP contribution < -0.4 is 5.32 Å². The van der Waals surface area contributed by atoms with Gasteiger partial charge in [-0.25, -0.2) is 0 Å². The first kappa shape index (κ1) is 6.66. The molecule has 10 heavy (non-hydrogen) atoms. The maximum absolute atomic E-state index is 3.62. The first-order chi connectivity index (χ1) is 4.92. The summed E-state index contributed by atoms with van der Waals surface area (Å²) in [6.45, 7) is 3.64. The van der Waals surface area contributed by atoms with Crippen LogP contribution in [0.3, 0.4) is 0 Å². The lowest BCUT2D eigenvalue weighted by Gasteiger charge is -2.27. The molecular formula is C9H17N. The maximum atomic E-state index is 3.62. The van der Waals surface area contributed by atoms with Crippen molar-refractivity contribution in [1.82, 2.24) is 5.32 Å². The Labute approximate surface area is 63.2 Å². The normalized spacial score (nSPS) is 45.9. The second-order valence-electron chi connectivity index (χ2n) is 3.78. The smallest absolute Gasteiger partial charge is 0.00984 e. The van der Waals surface area contributed by atoms with Crippen molar-refractivity contribution in [3.63, 3.8) is 0 Å². The third kappa shape index (κ3) is 0.878. The van der Waals surface area contributed by atoms with Crippen molar-refractivity contribution < 1.29 is 0 Å². The summed E-state index contributed by atoms with van der Waals surface area (Å²) < 4.78 is 0. The Kier molecular flexibility index (Phi) is 1.69. The van der Waals surface area contributed by atoms with E-state index in [0.29, 0.717) is 0 Å². The van der Waals surface area contributed by atoms with Crippen molar-refractivity contribution in [3.05, 3.63) is 0 Å². The molecule has 0 spiro atoms. The molecule has 1 heteroatoms. The van der Waals surface area contributed by atoms with Gasteiger partial charge in [0.05, 0.1) is 0 Å². The summed E-state index contributed by atoms with van der Waals surface area (Å²) in [5, 5.41) is 3.62.